The molecule has 2 heterocycles. The fourth-order valence-corrected chi connectivity index (χ4v) is 4.07. The number of hydrogen-bond donors (Lipinski definition) is 1. The number of aromatic nitrogens is 1. The molecule has 1 aliphatic heterocycles. The van der Waals surface area contributed by atoms with Crippen molar-refractivity contribution in [3.63, 3.8) is 0 Å². The van der Waals surface area contributed by atoms with Crippen molar-refractivity contribution >= 4 is 16.7 Å². The van der Waals surface area contributed by atoms with Gasteiger partial charge in [0.25, 0.3) is 0 Å². The van der Waals surface area contributed by atoms with Crippen LogP contribution in [0.15, 0.2) is 48.7 Å². The second kappa shape index (κ2) is 8.15. The van der Waals surface area contributed by atoms with Crippen molar-refractivity contribution in [2.24, 2.45) is 5.92 Å². The summed E-state index contributed by atoms with van der Waals surface area (Å²) in [7, 11) is 1.69. The molecule has 3 aromatic rings. The van der Waals surface area contributed by atoms with Crippen LogP contribution in [0.1, 0.15) is 28.8 Å². The number of likely N-dealkylation sites (tertiary alicyclic amines) is 1. The molecule has 4 nitrogen and oxygen atoms in total. The van der Waals surface area contributed by atoms with Crippen LogP contribution in [0.4, 0.5) is 4.39 Å². The van der Waals surface area contributed by atoms with Crippen LogP contribution in [0.3, 0.4) is 0 Å². The molecule has 2 aromatic carbocycles. The van der Waals surface area contributed by atoms with Crippen LogP contribution in [0.25, 0.3) is 10.9 Å². The summed E-state index contributed by atoms with van der Waals surface area (Å²) in [5.41, 5.74) is 3.02. The van der Waals surface area contributed by atoms with Gasteiger partial charge in [-0.05, 0) is 73.3 Å². The summed E-state index contributed by atoms with van der Waals surface area (Å²) in [5.74, 6) is 1.04. The zero-order chi connectivity index (χ0) is 19.5. The fraction of sp³-hybridized carbons (Fsp3) is 0.348. The largest absolute Gasteiger partial charge is 0.497 e. The summed E-state index contributed by atoms with van der Waals surface area (Å²) in [6.45, 7) is 2.94. The van der Waals surface area contributed by atoms with Crippen molar-refractivity contribution in [1.82, 2.24) is 9.88 Å². The van der Waals surface area contributed by atoms with Gasteiger partial charge in [-0.3, -0.25) is 4.79 Å². The van der Waals surface area contributed by atoms with Crippen LogP contribution < -0.4 is 4.74 Å². The summed E-state index contributed by atoms with van der Waals surface area (Å²) >= 11 is 0. The first-order chi connectivity index (χ1) is 13.6. The van der Waals surface area contributed by atoms with Crippen molar-refractivity contribution in [3.8, 4) is 5.75 Å². The number of ether oxygens (including phenoxy) is 1. The van der Waals surface area contributed by atoms with Crippen LogP contribution in [-0.2, 0) is 6.42 Å². The molecule has 0 saturated carbocycles. The molecule has 1 unspecified atom stereocenters. The minimum absolute atomic E-state index is 0.107. The molecular formula is C23H25FN2O2. The Morgan fingerprint density at radius 2 is 2.07 bits per heavy atom. The number of nitrogens with one attached hydrogen (secondary N) is 1. The molecule has 5 heteroatoms. The van der Waals surface area contributed by atoms with Crippen molar-refractivity contribution in [2.45, 2.75) is 19.3 Å². The third-order valence-corrected chi connectivity index (χ3v) is 5.68. The van der Waals surface area contributed by atoms with E-state index >= 15 is 0 Å². The first-order valence-electron chi connectivity index (χ1n) is 9.77. The molecule has 1 fully saturated rings. The van der Waals surface area contributed by atoms with E-state index in [1.165, 1.54) is 23.1 Å². The van der Waals surface area contributed by atoms with Crippen molar-refractivity contribution in [3.05, 3.63) is 65.6 Å². The van der Waals surface area contributed by atoms with Crippen LogP contribution in [0.2, 0.25) is 0 Å². The van der Waals surface area contributed by atoms with Crippen molar-refractivity contribution in [2.75, 3.05) is 26.7 Å². The third-order valence-electron chi connectivity index (χ3n) is 5.68. The van der Waals surface area contributed by atoms with E-state index in [1.807, 2.05) is 12.1 Å². The summed E-state index contributed by atoms with van der Waals surface area (Å²) in [6.07, 6.45) is 4.61. The molecule has 0 spiro atoms. The Morgan fingerprint density at radius 3 is 2.86 bits per heavy atom. The zero-order valence-electron chi connectivity index (χ0n) is 16.1. The Morgan fingerprint density at radius 1 is 1.25 bits per heavy atom. The summed E-state index contributed by atoms with van der Waals surface area (Å²) in [6, 6.07) is 12.0. The minimum Gasteiger partial charge on any atom is -0.497 e. The Labute approximate surface area is 164 Å². The maximum Gasteiger partial charge on any atom is 0.163 e. The van der Waals surface area contributed by atoms with E-state index in [-0.39, 0.29) is 11.6 Å². The lowest BCUT2D eigenvalue weighted by atomic mass is 9.97. The molecular weight excluding hydrogens is 355 g/mol. The van der Waals surface area contributed by atoms with Gasteiger partial charge in [0.2, 0.25) is 0 Å². The molecule has 0 amide bonds. The number of aromatic amines is 1. The van der Waals surface area contributed by atoms with Crippen LogP contribution in [0, 0.1) is 11.7 Å². The third kappa shape index (κ3) is 4.09. The van der Waals surface area contributed by atoms with Crippen molar-refractivity contribution in [1.29, 1.82) is 0 Å². The average molecular weight is 380 g/mol. The molecule has 1 N–H and O–H groups in total. The molecule has 0 radical (unpaired) electrons. The van der Waals surface area contributed by atoms with Gasteiger partial charge in [-0.25, -0.2) is 4.39 Å². The number of rotatable bonds is 7. The van der Waals surface area contributed by atoms with E-state index in [9.17, 15) is 9.18 Å². The van der Waals surface area contributed by atoms with Gasteiger partial charge in [0.1, 0.15) is 11.6 Å². The first-order valence-corrected chi connectivity index (χ1v) is 9.77. The number of Topliss-reactive ketones (excluding diaryl/α,β-unsaturated/α-hetero) is 1. The number of benzene rings is 2. The Balaban J connectivity index is 1.31. The highest BCUT2D eigenvalue weighted by Gasteiger charge is 2.25. The smallest absolute Gasteiger partial charge is 0.163 e. The van der Waals surface area contributed by atoms with Gasteiger partial charge in [-0.1, -0.05) is 0 Å². The number of carbonyl (C=O) groups excluding carboxylic acids is 1. The number of halogens is 1. The van der Waals surface area contributed by atoms with Gasteiger partial charge in [0, 0.05) is 42.2 Å². The highest BCUT2D eigenvalue weighted by atomic mass is 19.1. The molecule has 4 rings (SSSR count). The molecule has 1 aliphatic rings. The fourth-order valence-electron chi connectivity index (χ4n) is 4.07. The molecule has 1 saturated heterocycles. The highest BCUT2D eigenvalue weighted by Crippen LogP contribution is 2.26. The van der Waals surface area contributed by atoms with Crippen LogP contribution in [-0.4, -0.2) is 42.4 Å². The Hall–Kier alpha value is -2.66. The minimum atomic E-state index is -0.307. The lowest BCUT2D eigenvalue weighted by Gasteiger charge is -2.15. The number of hydrogen-bond acceptors (Lipinski definition) is 3. The summed E-state index contributed by atoms with van der Waals surface area (Å²) in [4.78, 5) is 18.2. The maximum atomic E-state index is 13.0. The first kappa shape index (κ1) is 18.7. The second-order valence-corrected chi connectivity index (χ2v) is 7.56. The normalized spacial score (nSPS) is 17.3. The van der Waals surface area contributed by atoms with E-state index in [2.05, 4.69) is 22.1 Å². The molecule has 0 aliphatic carbocycles. The van der Waals surface area contributed by atoms with E-state index in [1.54, 1.807) is 19.2 Å². The lowest BCUT2D eigenvalue weighted by molar-refractivity contribution is 0.0962. The number of carbonyl (C=O) groups is 1. The maximum absolute atomic E-state index is 13.0. The van der Waals surface area contributed by atoms with Gasteiger partial charge >= 0.3 is 0 Å². The standard InChI is InChI=1S/C23H25FN2O2/c1-28-20-6-7-22-21(13-20)18(14-25-22)9-11-26-10-8-16(15-26)12-23(27)17-2-4-19(24)5-3-17/h2-7,13-14,16,25H,8-12,15H2,1H3. The predicted octanol–water partition coefficient (Wildman–Crippen LogP) is 4.45. The molecule has 1 atom stereocenters. The Bertz CT molecular complexity index is 964. The van der Waals surface area contributed by atoms with Crippen LogP contribution in [0.5, 0.6) is 5.75 Å². The van der Waals surface area contributed by atoms with Gasteiger partial charge in [-0.2, -0.15) is 0 Å². The summed E-state index contributed by atoms with van der Waals surface area (Å²) < 4.78 is 18.4. The molecule has 1 aromatic heterocycles. The monoisotopic (exact) mass is 380 g/mol. The highest BCUT2D eigenvalue weighted by molar-refractivity contribution is 5.96. The number of H-pyrrole nitrogens is 1. The van der Waals surface area contributed by atoms with Gasteiger partial charge < -0.3 is 14.6 Å². The van der Waals surface area contributed by atoms with Crippen molar-refractivity contribution < 1.29 is 13.9 Å². The average Bonchev–Trinajstić information content (AvgIpc) is 3.32. The van der Waals surface area contributed by atoms with E-state index in [0.717, 1.165) is 43.7 Å². The van der Waals surface area contributed by atoms with Crippen LogP contribution >= 0.6 is 0 Å². The molecule has 0 bridgehead atoms. The molecule has 146 valence electrons. The summed E-state index contributed by atoms with van der Waals surface area (Å²) in [5, 5.41) is 1.21. The number of methoxy groups -OCH3 is 1. The van der Waals surface area contributed by atoms with E-state index in [4.69, 9.17) is 4.74 Å². The predicted molar refractivity (Wildman–Crippen MR) is 108 cm³/mol. The van der Waals surface area contributed by atoms with E-state index < -0.39 is 0 Å². The van der Waals surface area contributed by atoms with Gasteiger partial charge in [0.15, 0.2) is 5.78 Å². The number of ketones is 1. The van der Waals surface area contributed by atoms with Gasteiger partial charge in [0.05, 0.1) is 7.11 Å². The zero-order valence-corrected chi connectivity index (χ0v) is 16.1. The lowest BCUT2D eigenvalue weighted by Crippen LogP contribution is -2.24. The number of fused-ring (bicyclic) bond motifs is 1. The quantitative estimate of drug-likeness (QED) is 0.616. The topological polar surface area (TPSA) is 45.3 Å². The SMILES string of the molecule is COc1ccc2[nH]cc(CCN3CCC(CC(=O)c4ccc(F)cc4)C3)c2c1. The van der Waals surface area contributed by atoms with Gasteiger partial charge in [-0.15, -0.1) is 0 Å². The Kier molecular flexibility index (Phi) is 5.44. The molecule has 28 heavy (non-hydrogen) atoms. The number of nitrogens with zero attached hydrogens (tertiary/aromatic N) is 1. The van der Waals surface area contributed by atoms with E-state index in [0.29, 0.717) is 17.9 Å². The second-order valence-electron chi connectivity index (χ2n) is 7.56.